The molecule has 1 aliphatic rings. The highest BCUT2D eigenvalue weighted by Crippen LogP contribution is 2.32. The molecule has 0 bridgehead atoms. The Morgan fingerprint density at radius 1 is 1.10 bits per heavy atom. The Labute approximate surface area is 168 Å². The number of para-hydroxylation sites is 2. The van der Waals surface area contributed by atoms with E-state index in [9.17, 15) is 23.6 Å². The van der Waals surface area contributed by atoms with Gasteiger partial charge in [-0.1, -0.05) is 12.1 Å². The average Bonchev–Trinajstić information content (AvgIpc) is 2.70. The summed E-state index contributed by atoms with van der Waals surface area (Å²) in [6.45, 7) is 0. The molecule has 1 aliphatic carbocycles. The van der Waals surface area contributed by atoms with Gasteiger partial charge in [0, 0.05) is 18.2 Å². The van der Waals surface area contributed by atoms with Crippen LogP contribution < -0.4 is 14.8 Å². The molecule has 0 spiro atoms. The molecular formula is C19H23N3O6S. The molecule has 0 heterocycles. The number of ether oxygens (including phenoxy) is 1. The number of nitro benzene ring substituents is 1. The van der Waals surface area contributed by atoms with E-state index in [4.69, 9.17) is 4.74 Å². The maximum absolute atomic E-state index is 13.1. The summed E-state index contributed by atoms with van der Waals surface area (Å²) in [6.07, 6.45) is 2.24. The third-order valence-electron chi connectivity index (χ3n) is 4.87. The van der Waals surface area contributed by atoms with Gasteiger partial charge in [0.15, 0.2) is 0 Å². The fourth-order valence-corrected chi connectivity index (χ4v) is 4.60. The second-order valence-corrected chi connectivity index (χ2v) is 8.54. The van der Waals surface area contributed by atoms with Crippen molar-refractivity contribution in [2.75, 3.05) is 17.1 Å². The number of methoxy groups -OCH3 is 1. The van der Waals surface area contributed by atoms with E-state index in [-0.39, 0.29) is 34.1 Å². The third-order valence-corrected chi connectivity index (χ3v) is 6.28. The number of non-ortho nitro benzene ring substituents is 1. The van der Waals surface area contributed by atoms with Crippen LogP contribution in [-0.2, 0) is 10.0 Å². The Kier molecular flexibility index (Phi) is 6.23. The quantitative estimate of drug-likeness (QED) is 0.462. The molecule has 1 fully saturated rings. The lowest BCUT2D eigenvalue weighted by Gasteiger charge is -2.27. The van der Waals surface area contributed by atoms with Gasteiger partial charge in [-0.2, -0.15) is 0 Å². The van der Waals surface area contributed by atoms with E-state index in [0.717, 1.165) is 6.07 Å². The lowest BCUT2D eigenvalue weighted by Crippen LogP contribution is -2.29. The van der Waals surface area contributed by atoms with Crippen molar-refractivity contribution in [2.24, 2.45) is 0 Å². The first-order valence-corrected chi connectivity index (χ1v) is 10.7. The number of nitrogens with one attached hydrogen (secondary N) is 2. The second-order valence-electron chi connectivity index (χ2n) is 6.89. The highest BCUT2D eigenvalue weighted by atomic mass is 32.2. The van der Waals surface area contributed by atoms with E-state index >= 15 is 0 Å². The van der Waals surface area contributed by atoms with E-state index in [1.807, 2.05) is 0 Å². The molecule has 3 rings (SSSR count). The van der Waals surface area contributed by atoms with Gasteiger partial charge in [0.1, 0.15) is 10.6 Å². The van der Waals surface area contributed by atoms with Crippen LogP contribution in [0.15, 0.2) is 47.4 Å². The van der Waals surface area contributed by atoms with Gasteiger partial charge in [-0.25, -0.2) is 8.42 Å². The van der Waals surface area contributed by atoms with Gasteiger partial charge in [-0.3, -0.25) is 14.8 Å². The number of hydrogen-bond donors (Lipinski definition) is 3. The number of aliphatic hydroxyl groups is 1. The minimum Gasteiger partial charge on any atom is -0.495 e. The molecule has 9 nitrogen and oxygen atoms in total. The van der Waals surface area contributed by atoms with Crippen LogP contribution in [0.5, 0.6) is 5.75 Å². The molecule has 0 amide bonds. The van der Waals surface area contributed by atoms with Crippen molar-refractivity contribution in [3.05, 3.63) is 52.6 Å². The number of hydrogen-bond acceptors (Lipinski definition) is 7. The van der Waals surface area contributed by atoms with Crippen molar-refractivity contribution in [3.63, 3.8) is 0 Å². The van der Waals surface area contributed by atoms with Crippen LogP contribution in [0.1, 0.15) is 25.7 Å². The van der Waals surface area contributed by atoms with Gasteiger partial charge in [-0.15, -0.1) is 0 Å². The number of rotatable bonds is 7. The maximum atomic E-state index is 13.1. The molecule has 0 unspecified atom stereocenters. The van der Waals surface area contributed by atoms with E-state index < -0.39 is 14.9 Å². The Hall–Kier alpha value is -2.85. The summed E-state index contributed by atoms with van der Waals surface area (Å²) >= 11 is 0. The minimum absolute atomic E-state index is 0.0277. The molecule has 1 saturated carbocycles. The van der Waals surface area contributed by atoms with Crippen LogP contribution in [0, 0.1) is 10.1 Å². The van der Waals surface area contributed by atoms with Crippen LogP contribution in [0.3, 0.4) is 0 Å². The van der Waals surface area contributed by atoms with Crippen LogP contribution >= 0.6 is 0 Å². The molecule has 2 aromatic carbocycles. The highest BCUT2D eigenvalue weighted by molar-refractivity contribution is 7.93. The van der Waals surface area contributed by atoms with Crippen molar-refractivity contribution < 1.29 is 23.2 Å². The van der Waals surface area contributed by atoms with E-state index in [2.05, 4.69) is 10.0 Å². The fraction of sp³-hybridized carbons (Fsp3) is 0.368. The second kappa shape index (κ2) is 8.66. The van der Waals surface area contributed by atoms with Crippen LogP contribution in [0.4, 0.5) is 17.1 Å². The van der Waals surface area contributed by atoms with Gasteiger partial charge in [0.2, 0.25) is 0 Å². The molecule has 0 saturated heterocycles. The monoisotopic (exact) mass is 421 g/mol. The molecule has 2 aromatic rings. The summed E-state index contributed by atoms with van der Waals surface area (Å²) in [5.74, 6) is 0.331. The van der Waals surface area contributed by atoms with Crippen molar-refractivity contribution in [2.45, 2.75) is 42.7 Å². The summed E-state index contributed by atoms with van der Waals surface area (Å²) in [6, 6.07) is 10.2. The Balaban J connectivity index is 1.96. The van der Waals surface area contributed by atoms with Gasteiger partial charge < -0.3 is 15.2 Å². The highest BCUT2D eigenvalue weighted by Gasteiger charge is 2.26. The molecule has 3 N–H and O–H groups in total. The first-order valence-electron chi connectivity index (χ1n) is 9.19. The number of sulfonamides is 1. The first kappa shape index (κ1) is 20.9. The van der Waals surface area contributed by atoms with E-state index in [1.54, 1.807) is 24.3 Å². The zero-order valence-corrected chi connectivity index (χ0v) is 16.7. The summed E-state index contributed by atoms with van der Waals surface area (Å²) in [7, 11) is -2.72. The van der Waals surface area contributed by atoms with Crippen LogP contribution in [-0.4, -0.2) is 37.7 Å². The van der Waals surface area contributed by atoms with E-state index in [1.165, 1.54) is 19.2 Å². The van der Waals surface area contributed by atoms with Crippen molar-refractivity contribution in [3.8, 4) is 5.75 Å². The average molecular weight is 421 g/mol. The summed E-state index contributed by atoms with van der Waals surface area (Å²) < 4.78 is 33.8. The Morgan fingerprint density at radius 3 is 2.45 bits per heavy atom. The molecule has 0 atom stereocenters. The molecular weight excluding hydrogens is 398 g/mol. The molecule has 29 heavy (non-hydrogen) atoms. The summed E-state index contributed by atoms with van der Waals surface area (Å²) in [4.78, 5) is 10.3. The Bertz CT molecular complexity index is 987. The minimum atomic E-state index is -4.14. The lowest BCUT2D eigenvalue weighted by molar-refractivity contribution is -0.385. The Morgan fingerprint density at radius 2 is 1.79 bits per heavy atom. The number of benzene rings is 2. The first-order chi connectivity index (χ1) is 13.8. The van der Waals surface area contributed by atoms with Crippen molar-refractivity contribution in [1.29, 1.82) is 0 Å². The molecule has 0 aromatic heterocycles. The number of anilines is 2. The third kappa shape index (κ3) is 4.96. The van der Waals surface area contributed by atoms with Gasteiger partial charge in [-0.05, 0) is 43.9 Å². The zero-order valence-electron chi connectivity index (χ0n) is 15.9. The zero-order chi connectivity index (χ0) is 21.0. The molecule has 156 valence electrons. The van der Waals surface area contributed by atoms with Crippen molar-refractivity contribution in [1.82, 2.24) is 0 Å². The van der Waals surface area contributed by atoms with Gasteiger partial charge in [0.25, 0.3) is 15.7 Å². The topological polar surface area (TPSA) is 131 Å². The summed E-state index contributed by atoms with van der Waals surface area (Å²) in [5.41, 5.74) is 0.183. The smallest absolute Gasteiger partial charge is 0.270 e. The standard InChI is InChI=1S/C19H23N3O6S/c1-28-18-5-3-2-4-16(18)21-29(26,27)19-12-14(22(24)25)8-11-17(19)20-13-6-9-15(23)10-7-13/h2-5,8,11-13,15,20-21,23H,6-7,9-10H2,1H3. The maximum Gasteiger partial charge on any atom is 0.270 e. The predicted octanol–water partition coefficient (Wildman–Crippen LogP) is 3.12. The number of nitrogens with zero attached hydrogens (tertiary/aromatic N) is 1. The molecule has 10 heteroatoms. The molecule has 0 radical (unpaired) electrons. The van der Waals surface area contributed by atoms with E-state index in [0.29, 0.717) is 31.4 Å². The predicted molar refractivity (Wildman–Crippen MR) is 109 cm³/mol. The molecule has 0 aliphatic heterocycles. The van der Waals surface area contributed by atoms with Crippen LogP contribution in [0.25, 0.3) is 0 Å². The van der Waals surface area contributed by atoms with Gasteiger partial charge >= 0.3 is 0 Å². The van der Waals surface area contributed by atoms with Crippen molar-refractivity contribution >= 4 is 27.1 Å². The number of aliphatic hydroxyl groups excluding tert-OH is 1. The number of nitro groups is 1. The fourth-order valence-electron chi connectivity index (χ4n) is 3.33. The van der Waals surface area contributed by atoms with Gasteiger partial charge in [0.05, 0.1) is 29.5 Å². The lowest BCUT2D eigenvalue weighted by atomic mass is 9.93. The largest absolute Gasteiger partial charge is 0.495 e. The summed E-state index contributed by atoms with van der Waals surface area (Å²) in [5, 5.41) is 24.0. The van der Waals surface area contributed by atoms with Crippen LogP contribution in [0.2, 0.25) is 0 Å². The SMILES string of the molecule is COc1ccccc1NS(=O)(=O)c1cc([N+](=O)[O-])ccc1NC1CCC(O)CC1. The normalized spacial score (nSPS) is 19.4.